The van der Waals surface area contributed by atoms with Gasteiger partial charge in [-0.25, -0.2) is 4.79 Å². The lowest BCUT2D eigenvalue weighted by Gasteiger charge is -2.19. The summed E-state index contributed by atoms with van der Waals surface area (Å²) in [6.45, 7) is 5.79. The first-order chi connectivity index (χ1) is 12.3. The van der Waals surface area contributed by atoms with Crippen LogP contribution >= 0.6 is 0 Å². The Labute approximate surface area is 153 Å². The maximum Gasteiger partial charge on any atom is 0.337 e. The number of carbonyl (C=O) groups excluding carboxylic acids is 2. The molecule has 0 amide bonds. The quantitative estimate of drug-likeness (QED) is 0.734. The summed E-state index contributed by atoms with van der Waals surface area (Å²) >= 11 is 0. The Bertz CT molecular complexity index is 760. The molecule has 0 saturated carbocycles. The van der Waals surface area contributed by atoms with Crippen molar-refractivity contribution in [1.82, 2.24) is 0 Å². The van der Waals surface area contributed by atoms with Crippen LogP contribution in [0, 0.1) is 0 Å². The third kappa shape index (κ3) is 6.24. The zero-order valence-corrected chi connectivity index (χ0v) is 15.6. The highest BCUT2D eigenvalue weighted by atomic mass is 16.6. The second-order valence-electron chi connectivity index (χ2n) is 6.89. The van der Waals surface area contributed by atoms with Crippen molar-refractivity contribution in [3.05, 3.63) is 65.2 Å². The highest BCUT2D eigenvalue weighted by Gasteiger charge is 2.18. The van der Waals surface area contributed by atoms with E-state index in [1.165, 1.54) is 7.11 Å². The molecule has 0 spiro atoms. The second-order valence-corrected chi connectivity index (χ2v) is 6.89. The van der Waals surface area contributed by atoms with Crippen molar-refractivity contribution >= 4 is 11.9 Å². The molecule has 2 rings (SSSR count). The van der Waals surface area contributed by atoms with Crippen molar-refractivity contribution in [2.24, 2.45) is 0 Å². The van der Waals surface area contributed by atoms with Crippen LogP contribution in [-0.4, -0.2) is 24.6 Å². The van der Waals surface area contributed by atoms with Crippen molar-refractivity contribution in [3.8, 4) is 5.75 Å². The van der Waals surface area contributed by atoms with Crippen LogP contribution < -0.4 is 4.74 Å². The Morgan fingerprint density at radius 3 is 2.27 bits per heavy atom. The van der Waals surface area contributed by atoms with Crippen molar-refractivity contribution in [1.29, 1.82) is 0 Å². The van der Waals surface area contributed by atoms with Crippen LogP contribution in [0.4, 0.5) is 0 Å². The average molecular weight is 356 g/mol. The first-order valence-electron chi connectivity index (χ1n) is 8.38. The fourth-order valence-corrected chi connectivity index (χ4v) is 2.37. The van der Waals surface area contributed by atoms with Crippen LogP contribution in [0.15, 0.2) is 48.5 Å². The lowest BCUT2D eigenvalue weighted by Crippen LogP contribution is -2.25. The maximum absolute atomic E-state index is 12.1. The molecule has 2 aromatic carbocycles. The lowest BCUT2D eigenvalue weighted by molar-refractivity contribution is -0.153. The lowest BCUT2D eigenvalue weighted by atomic mass is 10.1. The molecule has 0 aliphatic carbocycles. The summed E-state index contributed by atoms with van der Waals surface area (Å²) in [7, 11) is 1.31. The Kier molecular flexibility index (Phi) is 6.39. The number of benzene rings is 2. The van der Waals surface area contributed by atoms with Crippen LogP contribution in [0.3, 0.4) is 0 Å². The van der Waals surface area contributed by atoms with Gasteiger partial charge in [-0.3, -0.25) is 4.79 Å². The number of ether oxygens (including phenoxy) is 3. The third-order valence-corrected chi connectivity index (χ3v) is 3.40. The van der Waals surface area contributed by atoms with Gasteiger partial charge in [0, 0.05) is 0 Å². The molecule has 2 aromatic rings. The smallest absolute Gasteiger partial charge is 0.337 e. The Morgan fingerprint density at radius 1 is 0.962 bits per heavy atom. The van der Waals surface area contributed by atoms with Gasteiger partial charge in [-0.15, -0.1) is 0 Å². The van der Waals surface area contributed by atoms with Gasteiger partial charge in [-0.2, -0.15) is 0 Å². The molecule has 0 radical (unpaired) electrons. The molecule has 0 atom stereocenters. The summed E-state index contributed by atoms with van der Waals surface area (Å²) in [5.41, 5.74) is 1.40. The molecule has 5 heteroatoms. The van der Waals surface area contributed by atoms with Gasteiger partial charge < -0.3 is 14.2 Å². The van der Waals surface area contributed by atoms with E-state index in [1.54, 1.807) is 18.2 Å². The van der Waals surface area contributed by atoms with E-state index in [9.17, 15) is 9.59 Å². The standard InChI is InChI=1S/C21H24O5/c1-21(2,3)26-19(22)12-16-10-17(20(23)24-4)13-18(11-16)25-14-15-8-6-5-7-9-15/h5-11,13H,12,14H2,1-4H3. The number of hydrogen-bond acceptors (Lipinski definition) is 5. The molecule has 0 aromatic heterocycles. The Hall–Kier alpha value is -2.82. The predicted octanol–water partition coefficient (Wildman–Crippen LogP) is 3.94. The van der Waals surface area contributed by atoms with E-state index < -0.39 is 11.6 Å². The molecule has 0 N–H and O–H groups in total. The van der Waals surface area contributed by atoms with Crippen LogP contribution in [0.2, 0.25) is 0 Å². The minimum atomic E-state index is -0.566. The van der Waals surface area contributed by atoms with Crippen LogP contribution in [0.5, 0.6) is 5.75 Å². The monoisotopic (exact) mass is 356 g/mol. The summed E-state index contributed by atoms with van der Waals surface area (Å²) < 4.78 is 15.9. The maximum atomic E-state index is 12.1. The van der Waals surface area contributed by atoms with Crippen LogP contribution in [0.25, 0.3) is 0 Å². The van der Waals surface area contributed by atoms with Gasteiger partial charge in [0.25, 0.3) is 0 Å². The zero-order chi connectivity index (χ0) is 19.2. The highest BCUT2D eigenvalue weighted by Crippen LogP contribution is 2.21. The first kappa shape index (κ1) is 19.5. The van der Waals surface area contributed by atoms with E-state index in [-0.39, 0.29) is 12.4 Å². The number of hydrogen-bond donors (Lipinski definition) is 0. The molecule has 138 valence electrons. The Morgan fingerprint density at radius 2 is 1.65 bits per heavy atom. The SMILES string of the molecule is COC(=O)c1cc(CC(=O)OC(C)(C)C)cc(OCc2ccccc2)c1. The van der Waals surface area contributed by atoms with E-state index >= 15 is 0 Å². The van der Waals surface area contributed by atoms with Crippen molar-refractivity contribution in [2.75, 3.05) is 7.11 Å². The fourth-order valence-electron chi connectivity index (χ4n) is 2.37. The van der Waals surface area contributed by atoms with Gasteiger partial charge in [-0.05, 0) is 50.1 Å². The molecular formula is C21H24O5. The normalized spacial score (nSPS) is 10.9. The Balaban J connectivity index is 2.18. The summed E-state index contributed by atoms with van der Waals surface area (Å²) in [5.74, 6) is -0.357. The molecule has 5 nitrogen and oxygen atoms in total. The van der Waals surface area contributed by atoms with E-state index in [1.807, 2.05) is 51.1 Å². The highest BCUT2D eigenvalue weighted by molar-refractivity contribution is 5.90. The zero-order valence-electron chi connectivity index (χ0n) is 15.6. The van der Waals surface area contributed by atoms with Gasteiger partial charge in [0.2, 0.25) is 0 Å². The summed E-state index contributed by atoms with van der Waals surface area (Å²) in [4.78, 5) is 24.0. The van der Waals surface area contributed by atoms with Crippen molar-refractivity contribution < 1.29 is 23.8 Å². The van der Waals surface area contributed by atoms with Gasteiger partial charge >= 0.3 is 11.9 Å². The van der Waals surface area contributed by atoms with Crippen LogP contribution in [0.1, 0.15) is 42.3 Å². The molecular weight excluding hydrogens is 332 g/mol. The van der Waals surface area contributed by atoms with E-state index in [0.717, 1.165) is 5.56 Å². The number of methoxy groups -OCH3 is 1. The minimum Gasteiger partial charge on any atom is -0.489 e. The summed E-state index contributed by atoms with van der Waals surface area (Å²) in [6, 6.07) is 14.6. The molecule has 0 aliphatic heterocycles. The molecule has 0 unspecified atom stereocenters. The molecule has 0 heterocycles. The average Bonchev–Trinajstić information content (AvgIpc) is 2.58. The molecule has 26 heavy (non-hydrogen) atoms. The van der Waals surface area contributed by atoms with E-state index in [2.05, 4.69) is 0 Å². The van der Waals surface area contributed by atoms with Crippen molar-refractivity contribution in [3.63, 3.8) is 0 Å². The van der Waals surface area contributed by atoms with Gasteiger partial charge in [-0.1, -0.05) is 30.3 Å². The van der Waals surface area contributed by atoms with E-state index in [0.29, 0.717) is 23.5 Å². The molecule has 0 fully saturated rings. The van der Waals surface area contributed by atoms with Crippen LogP contribution in [-0.2, 0) is 27.3 Å². The largest absolute Gasteiger partial charge is 0.489 e. The predicted molar refractivity (Wildman–Crippen MR) is 98.1 cm³/mol. The molecule has 0 saturated heterocycles. The molecule has 0 aliphatic rings. The fraction of sp³-hybridized carbons (Fsp3) is 0.333. The summed E-state index contributed by atoms with van der Waals surface area (Å²) in [5, 5.41) is 0. The van der Waals surface area contributed by atoms with Gasteiger partial charge in [0.05, 0.1) is 19.1 Å². The van der Waals surface area contributed by atoms with E-state index in [4.69, 9.17) is 14.2 Å². The number of carbonyl (C=O) groups is 2. The van der Waals surface area contributed by atoms with Gasteiger partial charge in [0.15, 0.2) is 0 Å². The first-order valence-corrected chi connectivity index (χ1v) is 8.38. The number of esters is 2. The summed E-state index contributed by atoms with van der Waals surface area (Å²) in [6.07, 6.45) is 0.0454. The molecule has 0 bridgehead atoms. The van der Waals surface area contributed by atoms with Crippen molar-refractivity contribution in [2.45, 2.75) is 39.4 Å². The third-order valence-electron chi connectivity index (χ3n) is 3.40. The number of rotatable bonds is 6. The van der Waals surface area contributed by atoms with Gasteiger partial charge in [0.1, 0.15) is 18.0 Å². The minimum absolute atomic E-state index is 0.0454. The second kappa shape index (κ2) is 8.52. The topological polar surface area (TPSA) is 61.8 Å².